The molecule has 0 fully saturated rings. The molecular formula is C16H19NO3S. The second-order valence-corrected chi connectivity index (χ2v) is 5.83. The number of amides is 1. The van der Waals surface area contributed by atoms with Crippen LogP contribution in [-0.2, 0) is 0 Å². The first kappa shape index (κ1) is 15.7. The van der Waals surface area contributed by atoms with Crippen molar-refractivity contribution in [3.8, 4) is 11.1 Å². The number of hydrogen-bond acceptors (Lipinski definition) is 4. The Hall–Kier alpha value is -1.72. The quantitative estimate of drug-likeness (QED) is 0.861. The van der Waals surface area contributed by atoms with Crippen molar-refractivity contribution in [2.45, 2.75) is 18.2 Å². The van der Waals surface area contributed by atoms with Crippen LogP contribution in [0.15, 0.2) is 47.1 Å². The van der Waals surface area contributed by atoms with Gasteiger partial charge >= 0.3 is 0 Å². The summed E-state index contributed by atoms with van der Waals surface area (Å²) in [6, 6.07) is 11.3. The first-order valence-corrected chi connectivity index (χ1v) is 8.03. The molecule has 1 amide bonds. The molecule has 4 nitrogen and oxygen atoms in total. The van der Waals surface area contributed by atoms with Crippen molar-refractivity contribution in [1.29, 1.82) is 0 Å². The Balaban J connectivity index is 2.16. The SMILES string of the molecule is CS[C@H](CO)[C@@H](C)NC(=O)c1occc1-c1ccccc1. The third kappa shape index (κ3) is 3.68. The maximum absolute atomic E-state index is 12.4. The van der Waals surface area contributed by atoms with Crippen LogP contribution in [0.3, 0.4) is 0 Å². The smallest absolute Gasteiger partial charge is 0.287 e. The molecule has 0 bridgehead atoms. The largest absolute Gasteiger partial charge is 0.459 e. The fourth-order valence-corrected chi connectivity index (χ4v) is 2.76. The standard InChI is InChI=1S/C16H19NO3S/c1-11(14(10-18)21-2)17-16(19)15-13(8-9-20-15)12-6-4-3-5-7-12/h3-9,11,14,18H,10H2,1-2H3,(H,17,19)/t11-,14-/m1/s1. The molecule has 5 heteroatoms. The van der Waals surface area contributed by atoms with Gasteiger partial charge in [0.05, 0.1) is 12.9 Å². The van der Waals surface area contributed by atoms with Gasteiger partial charge < -0.3 is 14.8 Å². The summed E-state index contributed by atoms with van der Waals surface area (Å²) in [6.07, 6.45) is 3.42. The minimum atomic E-state index is -0.265. The zero-order chi connectivity index (χ0) is 15.2. The first-order chi connectivity index (χ1) is 10.2. The Kier molecular flexibility index (Phi) is 5.47. The van der Waals surface area contributed by atoms with Gasteiger partial charge in [-0.05, 0) is 24.8 Å². The van der Waals surface area contributed by atoms with Gasteiger partial charge in [-0.25, -0.2) is 0 Å². The van der Waals surface area contributed by atoms with E-state index in [0.29, 0.717) is 5.76 Å². The monoisotopic (exact) mass is 305 g/mol. The van der Waals surface area contributed by atoms with E-state index in [1.165, 1.54) is 18.0 Å². The molecule has 2 aromatic rings. The highest BCUT2D eigenvalue weighted by Gasteiger charge is 2.22. The average molecular weight is 305 g/mol. The molecule has 0 saturated carbocycles. The molecular weight excluding hydrogens is 286 g/mol. The molecule has 0 aliphatic heterocycles. The number of rotatable bonds is 6. The summed E-state index contributed by atoms with van der Waals surface area (Å²) in [5, 5.41) is 12.1. The molecule has 2 N–H and O–H groups in total. The normalized spacial score (nSPS) is 13.7. The fourth-order valence-electron chi connectivity index (χ4n) is 2.13. The first-order valence-electron chi connectivity index (χ1n) is 6.74. The Bertz CT molecular complexity index is 578. The van der Waals surface area contributed by atoms with Crippen LogP contribution in [0.2, 0.25) is 0 Å². The van der Waals surface area contributed by atoms with Gasteiger partial charge in [-0.15, -0.1) is 0 Å². The van der Waals surface area contributed by atoms with Crippen LogP contribution in [0.4, 0.5) is 0 Å². The molecule has 1 aromatic carbocycles. The third-order valence-electron chi connectivity index (χ3n) is 3.36. The molecule has 1 heterocycles. The summed E-state index contributed by atoms with van der Waals surface area (Å²) in [5.74, 6) is 0.0321. The van der Waals surface area contributed by atoms with Crippen molar-refractivity contribution >= 4 is 17.7 Å². The van der Waals surface area contributed by atoms with Gasteiger partial charge in [-0.2, -0.15) is 11.8 Å². The molecule has 21 heavy (non-hydrogen) atoms. The molecule has 0 unspecified atom stereocenters. The lowest BCUT2D eigenvalue weighted by Gasteiger charge is -2.20. The molecule has 0 aliphatic carbocycles. The van der Waals surface area contributed by atoms with Gasteiger partial charge in [0.1, 0.15) is 0 Å². The van der Waals surface area contributed by atoms with E-state index in [4.69, 9.17) is 4.42 Å². The summed E-state index contributed by atoms with van der Waals surface area (Å²) in [7, 11) is 0. The Morgan fingerprint density at radius 1 is 1.33 bits per heavy atom. The number of aliphatic hydroxyl groups is 1. The van der Waals surface area contributed by atoms with Crippen LogP contribution >= 0.6 is 11.8 Å². The van der Waals surface area contributed by atoms with Crippen molar-refractivity contribution in [2.75, 3.05) is 12.9 Å². The van der Waals surface area contributed by atoms with Crippen molar-refractivity contribution in [1.82, 2.24) is 5.32 Å². The molecule has 0 saturated heterocycles. The van der Waals surface area contributed by atoms with E-state index in [0.717, 1.165) is 11.1 Å². The zero-order valence-corrected chi connectivity index (χ0v) is 12.9. The van der Waals surface area contributed by atoms with Crippen LogP contribution in [0.1, 0.15) is 17.5 Å². The number of carbonyl (C=O) groups is 1. The average Bonchev–Trinajstić information content (AvgIpc) is 2.99. The van der Waals surface area contributed by atoms with Crippen LogP contribution in [0.5, 0.6) is 0 Å². The predicted octanol–water partition coefficient (Wildman–Crippen LogP) is 2.79. The summed E-state index contributed by atoms with van der Waals surface area (Å²) in [4.78, 5) is 12.4. The van der Waals surface area contributed by atoms with Gasteiger partial charge in [0, 0.05) is 16.9 Å². The van der Waals surface area contributed by atoms with Crippen LogP contribution in [0, 0.1) is 0 Å². The van der Waals surface area contributed by atoms with Crippen LogP contribution < -0.4 is 5.32 Å². The van der Waals surface area contributed by atoms with E-state index in [1.54, 1.807) is 6.07 Å². The molecule has 1 aromatic heterocycles. The van der Waals surface area contributed by atoms with E-state index < -0.39 is 0 Å². The number of furan rings is 1. The third-order valence-corrected chi connectivity index (χ3v) is 4.52. The fraction of sp³-hybridized carbons (Fsp3) is 0.312. The second-order valence-electron chi connectivity index (χ2n) is 4.75. The molecule has 2 atom stereocenters. The van der Waals surface area contributed by atoms with E-state index in [2.05, 4.69) is 5.32 Å². The molecule has 0 aliphatic rings. The second kappa shape index (κ2) is 7.33. The number of benzene rings is 1. The van der Waals surface area contributed by atoms with Gasteiger partial charge in [-0.1, -0.05) is 30.3 Å². The molecule has 2 rings (SSSR count). The zero-order valence-electron chi connectivity index (χ0n) is 12.1. The highest BCUT2D eigenvalue weighted by atomic mass is 32.2. The topological polar surface area (TPSA) is 62.5 Å². The summed E-state index contributed by atoms with van der Waals surface area (Å²) in [6.45, 7) is 1.90. The lowest BCUT2D eigenvalue weighted by molar-refractivity contribution is 0.0909. The maximum atomic E-state index is 12.4. The maximum Gasteiger partial charge on any atom is 0.287 e. The number of aliphatic hydroxyl groups excluding tert-OH is 1. The summed E-state index contributed by atoms with van der Waals surface area (Å²) >= 11 is 1.52. The lowest BCUT2D eigenvalue weighted by Crippen LogP contribution is -2.41. The van der Waals surface area contributed by atoms with Gasteiger partial charge in [0.15, 0.2) is 5.76 Å². The Labute approximate surface area is 128 Å². The highest BCUT2D eigenvalue weighted by Crippen LogP contribution is 2.24. The van der Waals surface area contributed by atoms with Crippen molar-refractivity contribution in [3.63, 3.8) is 0 Å². The van der Waals surface area contributed by atoms with Crippen molar-refractivity contribution in [3.05, 3.63) is 48.4 Å². The van der Waals surface area contributed by atoms with Gasteiger partial charge in [-0.3, -0.25) is 4.79 Å². The number of thioether (sulfide) groups is 1. The number of carbonyl (C=O) groups excluding carboxylic acids is 1. The molecule has 112 valence electrons. The van der Waals surface area contributed by atoms with Crippen molar-refractivity contribution < 1.29 is 14.3 Å². The summed E-state index contributed by atoms with van der Waals surface area (Å²) < 4.78 is 5.35. The number of nitrogens with one attached hydrogen (secondary N) is 1. The van der Waals surface area contributed by atoms with Crippen LogP contribution in [-0.4, -0.2) is 35.2 Å². The highest BCUT2D eigenvalue weighted by molar-refractivity contribution is 7.99. The van der Waals surface area contributed by atoms with E-state index in [9.17, 15) is 9.90 Å². The van der Waals surface area contributed by atoms with E-state index in [-0.39, 0.29) is 23.8 Å². The van der Waals surface area contributed by atoms with Gasteiger partial charge in [0.2, 0.25) is 0 Å². The Morgan fingerprint density at radius 3 is 2.67 bits per heavy atom. The minimum Gasteiger partial charge on any atom is -0.459 e. The molecule has 0 radical (unpaired) electrons. The van der Waals surface area contributed by atoms with Crippen molar-refractivity contribution in [2.24, 2.45) is 0 Å². The van der Waals surface area contributed by atoms with E-state index >= 15 is 0 Å². The Morgan fingerprint density at radius 2 is 2.05 bits per heavy atom. The number of hydrogen-bond donors (Lipinski definition) is 2. The summed E-state index contributed by atoms with van der Waals surface area (Å²) in [5.41, 5.74) is 1.71. The van der Waals surface area contributed by atoms with Crippen LogP contribution in [0.25, 0.3) is 11.1 Å². The van der Waals surface area contributed by atoms with Gasteiger partial charge in [0.25, 0.3) is 5.91 Å². The van der Waals surface area contributed by atoms with E-state index in [1.807, 2.05) is 43.5 Å². The molecule has 0 spiro atoms. The minimum absolute atomic E-state index is 0.0201. The lowest BCUT2D eigenvalue weighted by atomic mass is 10.1. The predicted molar refractivity (Wildman–Crippen MR) is 85.5 cm³/mol.